The van der Waals surface area contributed by atoms with Crippen LogP contribution in [0.25, 0.3) is 0 Å². The van der Waals surface area contributed by atoms with Crippen molar-refractivity contribution in [2.24, 2.45) is 5.92 Å². The average molecular weight is 457 g/mol. The summed E-state index contributed by atoms with van der Waals surface area (Å²) in [7, 11) is -3.77. The Morgan fingerprint density at radius 1 is 1.14 bits per heavy atom. The molecule has 0 unspecified atom stereocenters. The van der Waals surface area contributed by atoms with Crippen molar-refractivity contribution in [1.29, 1.82) is 0 Å². The molecule has 0 aromatic heterocycles. The number of ether oxygens (including phenoxy) is 1. The number of anilines is 1. The molecule has 3 rings (SSSR count). The van der Waals surface area contributed by atoms with Crippen LogP contribution in [0, 0.1) is 5.92 Å². The number of halogens is 2. The molecule has 0 radical (unpaired) electrons. The van der Waals surface area contributed by atoms with E-state index < -0.39 is 10.0 Å². The van der Waals surface area contributed by atoms with Crippen LogP contribution in [0.2, 0.25) is 10.0 Å². The lowest BCUT2D eigenvalue weighted by atomic mass is 9.97. The van der Waals surface area contributed by atoms with Gasteiger partial charge in [-0.1, -0.05) is 41.4 Å². The smallest absolute Gasteiger partial charge is 0.244 e. The Labute approximate surface area is 180 Å². The second kappa shape index (κ2) is 9.34. The predicted octanol–water partition coefficient (Wildman–Crippen LogP) is 4.43. The SMILES string of the molecule is CCOc1ccccc1NC(=O)C1CCN(S(=O)(=O)c2cccc(Cl)c2Cl)CC1. The summed E-state index contributed by atoms with van der Waals surface area (Å²) in [5.74, 6) is 0.180. The van der Waals surface area contributed by atoms with Gasteiger partial charge in [0.25, 0.3) is 0 Å². The van der Waals surface area contributed by atoms with Gasteiger partial charge >= 0.3 is 0 Å². The molecule has 6 nitrogen and oxygen atoms in total. The zero-order valence-corrected chi connectivity index (χ0v) is 18.2. The zero-order valence-electron chi connectivity index (χ0n) is 15.9. The van der Waals surface area contributed by atoms with E-state index in [0.717, 1.165) is 0 Å². The second-order valence-corrected chi connectivity index (χ2v) is 9.34. The fraction of sp³-hybridized carbons (Fsp3) is 0.350. The van der Waals surface area contributed by atoms with Crippen LogP contribution < -0.4 is 10.1 Å². The van der Waals surface area contributed by atoms with Gasteiger partial charge in [0.2, 0.25) is 15.9 Å². The van der Waals surface area contributed by atoms with E-state index in [-0.39, 0.29) is 39.9 Å². The molecule has 1 aliphatic heterocycles. The highest BCUT2D eigenvalue weighted by molar-refractivity contribution is 7.89. The summed E-state index contributed by atoms with van der Waals surface area (Å²) in [4.78, 5) is 12.7. The van der Waals surface area contributed by atoms with Gasteiger partial charge < -0.3 is 10.1 Å². The lowest BCUT2D eigenvalue weighted by molar-refractivity contribution is -0.120. The molecule has 2 aromatic rings. The molecule has 0 atom stereocenters. The van der Waals surface area contributed by atoms with E-state index >= 15 is 0 Å². The molecule has 1 heterocycles. The number of hydrogen-bond acceptors (Lipinski definition) is 4. The van der Waals surface area contributed by atoms with Crippen molar-refractivity contribution in [2.75, 3.05) is 25.0 Å². The number of nitrogens with zero attached hydrogens (tertiary/aromatic N) is 1. The van der Waals surface area contributed by atoms with Crippen LogP contribution in [0.15, 0.2) is 47.4 Å². The van der Waals surface area contributed by atoms with Crippen molar-refractivity contribution in [2.45, 2.75) is 24.7 Å². The Kier molecular flexibility index (Phi) is 7.05. The fourth-order valence-electron chi connectivity index (χ4n) is 3.27. The first-order chi connectivity index (χ1) is 13.8. The van der Waals surface area contributed by atoms with Gasteiger partial charge in [0, 0.05) is 19.0 Å². The summed E-state index contributed by atoms with van der Waals surface area (Å²) < 4.78 is 32.7. The van der Waals surface area contributed by atoms with E-state index in [1.165, 1.54) is 10.4 Å². The van der Waals surface area contributed by atoms with Crippen molar-refractivity contribution in [3.63, 3.8) is 0 Å². The lowest BCUT2D eigenvalue weighted by Crippen LogP contribution is -2.41. The highest BCUT2D eigenvalue weighted by Gasteiger charge is 2.33. The second-order valence-electron chi connectivity index (χ2n) is 6.65. The minimum Gasteiger partial charge on any atom is -0.492 e. The molecule has 0 aliphatic carbocycles. The Balaban J connectivity index is 1.66. The molecule has 1 N–H and O–H groups in total. The average Bonchev–Trinajstić information content (AvgIpc) is 2.71. The molecule has 1 saturated heterocycles. The van der Waals surface area contributed by atoms with Gasteiger partial charge in [0.1, 0.15) is 10.6 Å². The lowest BCUT2D eigenvalue weighted by Gasteiger charge is -2.31. The maximum absolute atomic E-state index is 12.9. The Hall–Kier alpha value is -1.80. The van der Waals surface area contributed by atoms with E-state index in [1.807, 2.05) is 19.1 Å². The van der Waals surface area contributed by atoms with Crippen LogP contribution in [0.3, 0.4) is 0 Å². The van der Waals surface area contributed by atoms with Crippen molar-refractivity contribution in [3.05, 3.63) is 52.5 Å². The molecule has 156 valence electrons. The van der Waals surface area contributed by atoms with E-state index in [4.69, 9.17) is 27.9 Å². The topological polar surface area (TPSA) is 75.7 Å². The number of carbonyl (C=O) groups excluding carboxylic acids is 1. The van der Waals surface area contributed by atoms with Gasteiger partial charge in [-0.25, -0.2) is 8.42 Å². The van der Waals surface area contributed by atoms with Crippen LogP contribution in [-0.4, -0.2) is 38.3 Å². The minimum absolute atomic E-state index is 0.0137. The molecular weight excluding hydrogens is 435 g/mol. The van der Waals surface area contributed by atoms with Gasteiger partial charge in [-0.15, -0.1) is 0 Å². The summed E-state index contributed by atoms with van der Waals surface area (Å²) in [6.45, 7) is 2.84. The molecule has 1 aliphatic rings. The number of piperidine rings is 1. The normalized spacial score (nSPS) is 15.8. The first kappa shape index (κ1) is 21.9. The monoisotopic (exact) mass is 456 g/mol. The fourth-order valence-corrected chi connectivity index (χ4v) is 5.47. The largest absolute Gasteiger partial charge is 0.492 e. The van der Waals surface area contributed by atoms with Gasteiger partial charge in [-0.05, 0) is 44.0 Å². The number of para-hydroxylation sites is 2. The summed E-state index contributed by atoms with van der Waals surface area (Å²) in [6, 6.07) is 11.8. The summed E-state index contributed by atoms with van der Waals surface area (Å²) in [5.41, 5.74) is 0.611. The van der Waals surface area contributed by atoms with Crippen LogP contribution in [-0.2, 0) is 14.8 Å². The first-order valence-electron chi connectivity index (χ1n) is 9.31. The molecule has 0 spiro atoms. The number of nitrogens with one attached hydrogen (secondary N) is 1. The number of hydrogen-bond donors (Lipinski definition) is 1. The Morgan fingerprint density at radius 2 is 1.83 bits per heavy atom. The highest BCUT2D eigenvalue weighted by Crippen LogP contribution is 2.33. The molecular formula is C20H22Cl2N2O4S. The Bertz CT molecular complexity index is 990. The van der Waals surface area contributed by atoms with E-state index in [9.17, 15) is 13.2 Å². The maximum atomic E-state index is 12.9. The number of benzene rings is 2. The van der Waals surface area contributed by atoms with Gasteiger partial charge in [0.15, 0.2) is 0 Å². The van der Waals surface area contributed by atoms with Crippen molar-refractivity contribution >= 4 is 44.8 Å². The maximum Gasteiger partial charge on any atom is 0.244 e. The van der Waals surface area contributed by atoms with E-state index in [1.54, 1.807) is 24.3 Å². The van der Waals surface area contributed by atoms with Gasteiger partial charge in [0.05, 0.1) is 22.3 Å². The van der Waals surface area contributed by atoms with Gasteiger partial charge in [-0.2, -0.15) is 4.31 Å². The third-order valence-electron chi connectivity index (χ3n) is 4.80. The molecule has 2 aromatic carbocycles. The first-order valence-corrected chi connectivity index (χ1v) is 11.5. The van der Waals surface area contributed by atoms with Crippen LogP contribution >= 0.6 is 23.2 Å². The standard InChI is InChI=1S/C20H22Cl2N2O4S/c1-2-28-17-8-4-3-7-16(17)23-20(25)14-10-12-24(13-11-14)29(26,27)18-9-5-6-15(21)19(18)22/h3-9,14H,2,10-13H2,1H3,(H,23,25). The number of carbonyl (C=O) groups is 1. The zero-order chi connectivity index (χ0) is 21.0. The summed E-state index contributed by atoms with van der Waals surface area (Å²) >= 11 is 12.1. The molecule has 0 saturated carbocycles. The minimum atomic E-state index is -3.77. The van der Waals surface area contributed by atoms with Crippen LogP contribution in [0.1, 0.15) is 19.8 Å². The highest BCUT2D eigenvalue weighted by atomic mass is 35.5. The quantitative estimate of drug-likeness (QED) is 0.697. The molecule has 29 heavy (non-hydrogen) atoms. The molecule has 9 heteroatoms. The predicted molar refractivity (Wildman–Crippen MR) is 114 cm³/mol. The van der Waals surface area contributed by atoms with Gasteiger partial charge in [-0.3, -0.25) is 4.79 Å². The summed E-state index contributed by atoms with van der Waals surface area (Å²) in [6.07, 6.45) is 0.833. The molecule has 1 fully saturated rings. The number of rotatable bonds is 6. The Morgan fingerprint density at radius 3 is 2.52 bits per heavy atom. The molecule has 0 bridgehead atoms. The molecule has 1 amide bonds. The van der Waals surface area contributed by atoms with Crippen LogP contribution in [0.4, 0.5) is 5.69 Å². The third kappa shape index (κ3) is 4.86. The third-order valence-corrected chi connectivity index (χ3v) is 7.68. The summed E-state index contributed by atoms with van der Waals surface area (Å²) in [5, 5.41) is 3.10. The van der Waals surface area contributed by atoms with Crippen molar-refractivity contribution in [3.8, 4) is 5.75 Å². The van der Waals surface area contributed by atoms with Crippen molar-refractivity contribution < 1.29 is 17.9 Å². The van der Waals surface area contributed by atoms with Crippen molar-refractivity contribution in [1.82, 2.24) is 4.31 Å². The number of sulfonamides is 1. The van der Waals surface area contributed by atoms with Crippen LogP contribution in [0.5, 0.6) is 5.75 Å². The van der Waals surface area contributed by atoms with E-state index in [0.29, 0.717) is 30.9 Å². The number of amides is 1. The van der Waals surface area contributed by atoms with E-state index in [2.05, 4.69) is 5.32 Å².